The molecule has 84 valence electrons. The summed E-state index contributed by atoms with van der Waals surface area (Å²) in [5.41, 5.74) is 3.00. The molecule has 0 spiro atoms. The molecule has 0 amide bonds. The molecule has 15 heavy (non-hydrogen) atoms. The van der Waals surface area contributed by atoms with Gasteiger partial charge in [0.25, 0.3) is 0 Å². The summed E-state index contributed by atoms with van der Waals surface area (Å²) in [6.45, 7) is 12.4. The van der Waals surface area contributed by atoms with Crippen LogP contribution in [-0.2, 0) is 4.79 Å². The predicted molar refractivity (Wildman–Crippen MR) is 64.8 cm³/mol. The number of hydrogen-bond donors (Lipinski definition) is 0. The molecule has 1 aliphatic rings. The van der Waals surface area contributed by atoms with Crippen LogP contribution in [0.2, 0.25) is 0 Å². The zero-order chi connectivity index (χ0) is 11.6. The zero-order valence-corrected chi connectivity index (χ0v) is 10.4. The molecule has 0 aromatic heterocycles. The lowest BCUT2D eigenvalue weighted by atomic mass is 9.83. The van der Waals surface area contributed by atoms with Crippen LogP contribution < -0.4 is 0 Å². The average molecular weight is 206 g/mol. The van der Waals surface area contributed by atoms with Gasteiger partial charge in [-0.3, -0.25) is 4.79 Å². The molecule has 0 aromatic carbocycles. The Hall–Kier alpha value is -0.850. The molecular formula is C14H22O. The van der Waals surface area contributed by atoms with Crippen molar-refractivity contribution < 1.29 is 4.79 Å². The van der Waals surface area contributed by atoms with E-state index in [0.29, 0.717) is 5.78 Å². The first-order valence-electron chi connectivity index (χ1n) is 5.93. The Balaban J connectivity index is 3.11. The van der Waals surface area contributed by atoms with E-state index in [1.165, 1.54) is 5.57 Å². The Morgan fingerprint density at radius 3 is 2.00 bits per heavy atom. The number of rotatable bonds is 4. The number of allylic oxidation sites excluding steroid dienone is 3. The van der Waals surface area contributed by atoms with E-state index < -0.39 is 0 Å². The first kappa shape index (κ1) is 12.2. The van der Waals surface area contributed by atoms with E-state index in [2.05, 4.69) is 20.4 Å². The summed E-state index contributed by atoms with van der Waals surface area (Å²) in [5, 5.41) is 0. The minimum Gasteiger partial charge on any atom is -0.294 e. The molecule has 0 N–H and O–H groups in total. The van der Waals surface area contributed by atoms with Gasteiger partial charge in [-0.05, 0) is 43.4 Å². The van der Waals surface area contributed by atoms with Crippen molar-refractivity contribution in [1.29, 1.82) is 0 Å². The summed E-state index contributed by atoms with van der Waals surface area (Å²) in [6.07, 6.45) is 4.04. The van der Waals surface area contributed by atoms with Crippen LogP contribution in [0.25, 0.3) is 0 Å². The van der Waals surface area contributed by atoms with Crippen molar-refractivity contribution in [2.24, 2.45) is 5.41 Å². The first-order chi connectivity index (χ1) is 6.96. The molecule has 0 saturated carbocycles. The van der Waals surface area contributed by atoms with E-state index in [4.69, 9.17) is 0 Å². The third-order valence-corrected chi connectivity index (χ3v) is 3.32. The molecular weight excluding hydrogens is 184 g/mol. The Morgan fingerprint density at radius 1 is 1.07 bits per heavy atom. The molecule has 1 aliphatic carbocycles. The lowest BCUT2D eigenvalue weighted by Crippen LogP contribution is -2.21. The fourth-order valence-electron chi connectivity index (χ4n) is 2.28. The summed E-state index contributed by atoms with van der Waals surface area (Å²) in [7, 11) is 0. The van der Waals surface area contributed by atoms with Gasteiger partial charge in [-0.2, -0.15) is 0 Å². The van der Waals surface area contributed by atoms with Crippen molar-refractivity contribution in [1.82, 2.24) is 0 Å². The van der Waals surface area contributed by atoms with E-state index in [1.54, 1.807) is 0 Å². The maximum absolute atomic E-state index is 12.2. The number of Topliss-reactive ketones (excluding diaryl/α,β-unsaturated/α-hetero) is 1. The molecule has 0 unspecified atom stereocenters. The van der Waals surface area contributed by atoms with E-state index in [9.17, 15) is 4.79 Å². The van der Waals surface area contributed by atoms with Crippen molar-refractivity contribution in [2.45, 2.75) is 53.4 Å². The van der Waals surface area contributed by atoms with Crippen molar-refractivity contribution in [3.8, 4) is 0 Å². The molecule has 1 nitrogen and oxygen atoms in total. The van der Waals surface area contributed by atoms with Crippen LogP contribution in [0.3, 0.4) is 0 Å². The fraction of sp³-hybridized carbons (Fsp3) is 0.643. The van der Waals surface area contributed by atoms with Gasteiger partial charge in [0, 0.05) is 0 Å². The van der Waals surface area contributed by atoms with Crippen molar-refractivity contribution in [3.63, 3.8) is 0 Å². The zero-order valence-electron chi connectivity index (χ0n) is 10.4. The van der Waals surface area contributed by atoms with Gasteiger partial charge in [0.1, 0.15) is 0 Å². The summed E-state index contributed by atoms with van der Waals surface area (Å²) in [4.78, 5) is 12.2. The fourth-order valence-corrected chi connectivity index (χ4v) is 2.28. The van der Waals surface area contributed by atoms with Crippen LogP contribution in [-0.4, -0.2) is 5.78 Å². The monoisotopic (exact) mass is 206 g/mol. The van der Waals surface area contributed by atoms with Crippen LogP contribution in [0.1, 0.15) is 53.4 Å². The lowest BCUT2D eigenvalue weighted by Gasteiger charge is -2.18. The van der Waals surface area contributed by atoms with Crippen molar-refractivity contribution in [3.05, 3.63) is 23.3 Å². The van der Waals surface area contributed by atoms with Gasteiger partial charge in [0.2, 0.25) is 0 Å². The maximum Gasteiger partial charge on any atom is 0.169 e. The van der Waals surface area contributed by atoms with E-state index in [1.807, 2.05) is 13.8 Å². The third kappa shape index (κ3) is 1.92. The molecule has 0 saturated heterocycles. The second kappa shape index (κ2) is 4.34. The van der Waals surface area contributed by atoms with Crippen molar-refractivity contribution >= 4 is 5.78 Å². The van der Waals surface area contributed by atoms with Crippen LogP contribution in [0.15, 0.2) is 23.3 Å². The highest BCUT2D eigenvalue weighted by atomic mass is 16.1. The quantitative estimate of drug-likeness (QED) is 0.678. The topological polar surface area (TPSA) is 17.1 Å². The standard InChI is InChI=1S/C14H22O/c1-6-8-11-10(3)14(4,5)13(15)12(11)9-7-2/h3,6-9H2,1-2,4-5H3. The number of hydrogen-bond acceptors (Lipinski definition) is 1. The molecule has 1 heteroatoms. The highest BCUT2D eigenvalue weighted by Gasteiger charge is 2.41. The third-order valence-electron chi connectivity index (χ3n) is 3.32. The Labute approximate surface area is 93.3 Å². The maximum atomic E-state index is 12.2. The summed E-state index contributed by atoms with van der Waals surface area (Å²) in [5.74, 6) is 0.304. The summed E-state index contributed by atoms with van der Waals surface area (Å²) < 4.78 is 0. The summed E-state index contributed by atoms with van der Waals surface area (Å²) >= 11 is 0. The van der Waals surface area contributed by atoms with Gasteiger partial charge in [-0.25, -0.2) is 0 Å². The second-order valence-electron chi connectivity index (χ2n) is 4.89. The highest BCUT2D eigenvalue weighted by Crippen LogP contribution is 2.45. The predicted octanol–water partition coefficient (Wildman–Crippen LogP) is 4.05. The smallest absolute Gasteiger partial charge is 0.169 e. The molecule has 0 heterocycles. The van der Waals surface area contributed by atoms with Crippen LogP contribution in [0, 0.1) is 5.41 Å². The van der Waals surface area contributed by atoms with Crippen LogP contribution >= 0.6 is 0 Å². The van der Waals surface area contributed by atoms with Crippen LogP contribution in [0.4, 0.5) is 0 Å². The number of carbonyl (C=O) groups excluding carboxylic acids is 1. The molecule has 1 rings (SSSR count). The van der Waals surface area contributed by atoms with E-state index >= 15 is 0 Å². The SMILES string of the molecule is C=C1C(CCC)=C(CCC)C(=O)C1(C)C. The highest BCUT2D eigenvalue weighted by molar-refractivity contribution is 6.07. The first-order valence-corrected chi connectivity index (χ1v) is 5.93. The van der Waals surface area contributed by atoms with E-state index in [-0.39, 0.29) is 5.41 Å². The molecule has 0 aliphatic heterocycles. The van der Waals surface area contributed by atoms with Gasteiger partial charge in [-0.1, -0.05) is 33.3 Å². The van der Waals surface area contributed by atoms with Crippen LogP contribution in [0.5, 0.6) is 0 Å². The molecule has 0 bridgehead atoms. The number of ketones is 1. The lowest BCUT2D eigenvalue weighted by molar-refractivity contribution is -0.120. The normalized spacial score (nSPS) is 20.3. The Bertz CT molecular complexity index is 288. The Kier molecular flexibility index (Phi) is 3.54. The van der Waals surface area contributed by atoms with Crippen molar-refractivity contribution in [2.75, 3.05) is 0 Å². The minimum atomic E-state index is -0.352. The van der Waals surface area contributed by atoms with E-state index in [0.717, 1.165) is 36.8 Å². The van der Waals surface area contributed by atoms with Gasteiger partial charge in [-0.15, -0.1) is 0 Å². The van der Waals surface area contributed by atoms with Gasteiger partial charge >= 0.3 is 0 Å². The summed E-state index contributed by atoms with van der Waals surface area (Å²) in [6, 6.07) is 0. The molecule has 0 atom stereocenters. The van der Waals surface area contributed by atoms with Gasteiger partial charge < -0.3 is 0 Å². The molecule has 0 aromatic rings. The average Bonchev–Trinajstić information content (AvgIpc) is 2.33. The van der Waals surface area contributed by atoms with Gasteiger partial charge in [0.05, 0.1) is 5.41 Å². The second-order valence-corrected chi connectivity index (χ2v) is 4.89. The molecule has 0 fully saturated rings. The Morgan fingerprint density at radius 2 is 1.53 bits per heavy atom. The molecule has 0 radical (unpaired) electrons. The largest absolute Gasteiger partial charge is 0.294 e. The van der Waals surface area contributed by atoms with Gasteiger partial charge in [0.15, 0.2) is 5.78 Å². The minimum absolute atomic E-state index is 0.304. The number of carbonyl (C=O) groups is 1.